The van der Waals surface area contributed by atoms with Gasteiger partial charge in [0, 0.05) is 12.1 Å². The molecule has 0 heterocycles. The number of nitrogens with zero attached hydrogens (tertiary/aromatic N) is 1. The number of nitrogens with one attached hydrogen (secondary N) is 1. The molecule has 0 saturated heterocycles. The average Bonchev–Trinajstić information content (AvgIpc) is 2.35. The summed E-state index contributed by atoms with van der Waals surface area (Å²) in [5.41, 5.74) is 6.40. The third-order valence-electron chi connectivity index (χ3n) is 2.40. The number of benzene rings is 1. The molecule has 0 aromatic heterocycles. The highest BCUT2D eigenvalue weighted by Gasteiger charge is 2.03. The van der Waals surface area contributed by atoms with Crippen LogP contribution in [0.25, 0.3) is 0 Å². The molecule has 0 aliphatic carbocycles. The van der Waals surface area contributed by atoms with Crippen molar-refractivity contribution >= 4 is 29.9 Å². The molecular weight excluding hydrogens is 357 g/mol. The zero-order valence-corrected chi connectivity index (χ0v) is 13.8. The second-order valence-electron chi connectivity index (χ2n) is 4.47. The number of guanidine groups is 1. The van der Waals surface area contributed by atoms with Crippen molar-refractivity contribution in [3.63, 3.8) is 0 Å². The summed E-state index contributed by atoms with van der Waals surface area (Å²) in [5, 5.41) is 12.7. The van der Waals surface area contributed by atoms with Crippen molar-refractivity contribution in [3.8, 4) is 11.5 Å². The number of aromatic hydroxyl groups is 1. The summed E-state index contributed by atoms with van der Waals surface area (Å²) in [6.45, 7) is 5.28. The molecule has 0 aliphatic rings. The first-order valence-electron chi connectivity index (χ1n) is 5.92. The summed E-state index contributed by atoms with van der Waals surface area (Å²) >= 11 is 0. The maximum Gasteiger partial charge on any atom is 0.188 e. The molecule has 1 aromatic rings. The molecule has 6 heteroatoms. The number of aliphatic imine (C=N–C) groups is 1. The Kier molecular flexibility index (Phi) is 8.29. The van der Waals surface area contributed by atoms with Crippen LogP contribution in [-0.4, -0.2) is 24.7 Å². The molecule has 1 rings (SSSR count). The zero-order chi connectivity index (χ0) is 13.5. The van der Waals surface area contributed by atoms with Gasteiger partial charge in [-0.15, -0.1) is 24.0 Å². The second kappa shape index (κ2) is 8.84. The Labute approximate surface area is 131 Å². The number of phenols is 1. The Morgan fingerprint density at radius 1 is 1.47 bits per heavy atom. The van der Waals surface area contributed by atoms with Crippen molar-refractivity contribution in [2.45, 2.75) is 20.4 Å². The summed E-state index contributed by atoms with van der Waals surface area (Å²) < 4.78 is 5.09. The van der Waals surface area contributed by atoms with Gasteiger partial charge < -0.3 is 20.9 Å². The van der Waals surface area contributed by atoms with E-state index in [2.05, 4.69) is 24.2 Å². The van der Waals surface area contributed by atoms with Crippen LogP contribution >= 0.6 is 24.0 Å². The predicted molar refractivity (Wildman–Crippen MR) is 88.2 cm³/mol. The molecule has 0 bridgehead atoms. The number of rotatable bonds is 5. The summed E-state index contributed by atoms with van der Waals surface area (Å²) in [4.78, 5) is 4.17. The smallest absolute Gasteiger partial charge is 0.188 e. The highest BCUT2D eigenvalue weighted by Crippen LogP contribution is 2.23. The van der Waals surface area contributed by atoms with E-state index in [4.69, 9.17) is 10.5 Å². The SMILES string of the molecule is COc1ccc(O)c(CN=C(N)NCC(C)C)c1.I. The molecule has 1 aromatic carbocycles. The lowest BCUT2D eigenvalue weighted by Gasteiger charge is -2.09. The molecule has 5 nitrogen and oxygen atoms in total. The monoisotopic (exact) mass is 379 g/mol. The summed E-state index contributed by atoms with van der Waals surface area (Å²) in [5.74, 6) is 1.76. The van der Waals surface area contributed by atoms with Gasteiger partial charge in [0.1, 0.15) is 11.5 Å². The minimum absolute atomic E-state index is 0. The molecule has 0 spiro atoms. The number of phenolic OH excluding ortho intramolecular Hbond substituents is 1. The van der Waals surface area contributed by atoms with Crippen LogP contribution in [0.1, 0.15) is 19.4 Å². The average molecular weight is 379 g/mol. The first-order chi connectivity index (χ1) is 8.52. The van der Waals surface area contributed by atoms with Crippen LogP contribution in [0.4, 0.5) is 0 Å². The van der Waals surface area contributed by atoms with Gasteiger partial charge in [0.15, 0.2) is 5.96 Å². The molecule has 0 atom stereocenters. The van der Waals surface area contributed by atoms with Gasteiger partial charge in [-0.1, -0.05) is 13.8 Å². The summed E-state index contributed by atoms with van der Waals surface area (Å²) in [6, 6.07) is 5.03. The minimum atomic E-state index is 0. The Balaban J connectivity index is 0.00000324. The molecular formula is C13H22IN3O2. The molecule has 0 amide bonds. The van der Waals surface area contributed by atoms with E-state index in [1.807, 2.05) is 0 Å². The number of halogens is 1. The van der Waals surface area contributed by atoms with E-state index in [1.165, 1.54) is 0 Å². The lowest BCUT2D eigenvalue weighted by Crippen LogP contribution is -2.34. The van der Waals surface area contributed by atoms with Crippen molar-refractivity contribution in [1.29, 1.82) is 0 Å². The van der Waals surface area contributed by atoms with Crippen molar-refractivity contribution in [2.75, 3.05) is 13.7 Å². The van der Waals surface area contributed by atoms with E-state index >= 15 is 0 Å². The highest BCUT2D eigenvalue weighted by atomic mass is 127. The Hall–Kier alpha value is -1.18. The van der Waals surface area contributed by atoms with Crippen LogP contribution in [0.2, 0.25) is 0 Å². The lowest BCUT2D eigenvalue weighted by atomic mass is 10.2. The van der Waals surface area contributed by atoms with Crippen molar-refractivity contribution in [2.24, 2.45) is 16.6 Å². The lowest BCUT2D eigenvalue weighted by molar-refractivity contribution is 0.411. The van der Waals surface area contributed by atoms with Gasteiger partial charge in [0.05, 0.1) is 13.7 Å². The van der Waals surface area contributed by atoms with Crippen LogP contribution in [0, 0.1) is 5.92 Å². The van der Waals surface area contributed by atoms with Gasteiger partial charge in [0.2, 0.25) is 0 Å². The van der Waals surface area contributed by atoms with Gasteiger partial charge in [-0.05, 0) is 24.1 Å². The van der Waals surface area contributed by atoms with Gasteiger partial charge in [0.25, 0.3) is 0 Å². The fraction of sp³-hybridized carbons (Fsp3) is 0.462. The van der Waals surface area contributed by atoms with Crippen molar-refractivity contribution < 1.29 is 9.84 Å². The molecule has 4 N–H and O–H groups in total. The molecule has 0 aliphatic heterocycles. The second-order valence-corrected chi connectivity index (χ2v) is 4.47. The van der Waals surface area contributed by atoms with Crippen LogP contribution < -0.4 is 15.8 Å². The van der Waals surface area contributed by atoms with Gasteiger partial charge in [-0.25, -0.2) is 4.99 Å². The van der Waals surface area contributed by atoms with E-state index in [1.54, 1.807) is 25.3 Å². The highest BCUT2D eigenvalue weighted by molar-refractivity contribution is 14.0. The fourth-order valence-electron chi connectivity index (χ4n) is 1.35. The Morgan fingerprint density at radius 3 is 2.74 bits per heavy atom. The van der Waals surface area contributed by atoms with E-state index < -0.39 is 0 Å². The maximum atomic E-state index is 9.68. The zero-order valence-electron chi connectivity index (χ0n) is 11.5. The van der Waals surface area contributed by atoms with Crippen LogP contribution in [-0.2, 0) is 6.54 Å². The van der Waals surface area contributed by atoms with Gasteiger partial charge in [-0.3, -0.25) is 0 Å². The van der Waals surface area contributed by atoms with E-state index in [0.29, 0.717) is 29.7 Å². The van der Waals surface area contributed by atoms with Crippen LogP contribution in [0.3, 0.4) is 0 Å². The number of nitrogens with two attached hydrogens (primary N) is 1. The maximum absolute atomic E-state index is 9.68. The summed E-state index contributed by atoms with van der Waals surface area (Å²) in [7, 11) is 1.58. The van der Waals surface area contributed by atoms with Crippen LogP contribution in [0.15, 0.2) is 23.2 Å². The minimum Gasteiger partial charge on any atom is -0.508 e. The number of hydrogen-bond donors (Lipinski definition) is 3. The number of methoxy groups -OCH3 is 1. The van der Waals surface area contributed by atoms with Crippen LogP contribution in [0.5, 0.6) is 11.5 Å². The molecule has 0 fully saturated rings. The van der Waals surface area contributed by atoms with E-state index in [-0.39, 0.29) is 29.7 Å². The van der Waals surface area contributed by atoms with Crippen molar-refractivity contribution in [1.82, 2.24) is 5.32 Å². The standard InChI is InChI=1S/C13H21N3O2.HI/c1-9(2)7-15-13(14)16-8-10-6-11(18-3)4-5-12(10)17;/h4-6,9,17H,7-8H2,1-3H3,(H3,14,15,16);1H. The first kappa shape index (κ1) is 17.8. The quantitative estimate of drug-likeness (QED) is 0.416. The molecule has 0 saturated carbocycles. The molecule has 0 unspecified atom stereocenters. The fourth-order valence-corrected chi connectivity index (χ4v) is 1.35. The molecule has 0 radical (unpaired) electrons. The Morgan fingerprint density at radius 2 is 2.16 bits per heavy atom. The van der Waals surface area contributed by atoms with E-state index in [9.17, 15) is 5.11 Å². The predicted octanol–water partition coefficient (Wildman–Crippen LogP) is 2.08. The normalized spacial score (nSPS) is 11.1. The van der Waals surface area contributed by atoms with Gasteiger partial charge >= 0.3 is 0 Å². The summed E-state index contributed by atoms with van der Waals surface area (Å²) in [6.07, 6.45) is 0. The van der Waals surface area contributed by atoms with Gasteiger partial charge in [-0.2, -0.15) is 0 Å². The molecule has 108 valence electrons. The number of ether oxygens (including phenoxy) is 1. The number of hydrogen-bond acceptors (Lipinski definition) is 3. The third-order valence-corrected chi connectivity index (χ3v) is 2.40. The van der Waals surface area contributed by atoms with Crippen molar-refractivity contribution in [3.05, 3.63) is 23.8 Å². The molecule has 19 heavy (non-hydrogen) atoms. The third kappa shape index (κ3) is 6.51. The largest absolute Gasteiger partial charge is 0.508 e. The first-order valence-corrected chi connectivity index (χ1v) is 5.92. The van der Waals surface area contributed by atoms with E-state index in [0.717, 1.165) is 6.54 Å². The Bertz CT molecular complexity index is 422. The topological polar surface area (TPSA) is 79.9 Å².